The maximum atomic E-state index is 9.11. The molecule has 0 amide bonds. The van der Waals surface area contributed by atoms with Crippen LogP contribution >= 0.6 is 0 Å². The highest BCUT2D eigenvalue weighted by Gasteiger charge is 2.15. The number of rotatable bonds is 1. The predicted molar refractivity (Wildman–Crippen MR) is 52.7 cm³/mol. The Morgan fingerprint density at radius 2 is 2.00 bits per heavy atom. The zero-order valence-electron chi connectivity index (χ0n) is 7.31. The Labute approximate surface area is 76.4 Å². The van der Waals surface area contributed by atoms with Gasteiger partial charge in [-0.25, -0.2) is 0 Å². The maximum absolute atomic E-state index is 9.11. The summed E-state index contributed by atoms with van der Waals surface area (Å²) in [6, 6.07) is 7.42. The SMILES string of the molecule is Cn1ccc2cccc(B(O)O)c21. The lowest BCUT2D eigenvalue weighted by Gasteiger charge is -2.04. The third-order valence-corrected chi connectivity index (χ3v) is 2.21. The Hall–Kier alpha value is -1.26. The number of aryl methyl sites for hydroxylation is 1. The number of fused-ring (bicyclic) bond motifs is 1. The summed E-state index contributed by atoms with van der Waals surface area (Å²) < 4.78 is 1.88. The van der Waals surface area contributed by atoms with Crippen LogP contribution in [0.25, 0.3) is 10.9 Å². The van der Waals surface area contributed by atoms with Crippen molar-refractivity contribution in [3.63, 3.8) is 0 Å². The van der Waals surface area contributed by atoms with E-state index in [2.05, 4.69) is 0 Å². The second kappa shape index (κ2) is 2.90. The molecule has 0 radical (unpaired) electrons. The van der Waals surface area contributed by atoms with Crippen molar-refractivity contribution in [3.05, 3.63) is 30.5 Å². The lowest BCUT2D eigenvalue weighted by molar-refractivity contribution is 0.426. The van der Waals surface area contributed by atoms with Crippen LogP contribution in [0.4, 0.5) is 0 Å². The molecule has 66 valence electrons. The molecule has 4 heteroatoms. The summed E-state index contributed by atoms with van der Waals surface area (Å²) in [6.45, 7) is 0. The summed E-state index contributed by atoms with van der Waals surface area (Å²) in [5, 5.41) is 19.2. The van der Waals surface area contributed by atoms with Gasteiger partial charge >= 0.3 is 7.12 Å². The van der Waals surface area contributed by atoms with E-state index in [0.29, 0.717) is 5.46 Å². The van der Waals surface area contributed by atoms with E-state index in [1.54, 1.807) is 6.07 Å². The van der Waals surface area contributed by atoms with Crippen LogP contribution in [0, 0.1) is 0 Å². The molecule has 1 heterocycles. The molecular weight excluding hydrogens is 165 g/mol. The van der Waals surface area contributed by atoms with Crippen molar-refractivity contribution in [2.45, 2.75) is 0 Å². The smallest absolute Gasteiger partial charge is 0.423 e. The van der Waals surface area contributed by atoms with Crippen LogP contribution < -0.4 is 5.46 Å². The van der Waals surface area contributed by atoms with Gasteiger partial charge in [-0.1, -0.05) is 18.2 Å². The quantitative estimate of drug-likeness (QED) is 0.592. The van der Waals surface area contributed by atoms with E-state index >= 15 is 0 Å². The van der Waals surface area contributed by atoms with Crippen molar-refractivity contribution in [1.82, 2.24) is 4.57 Å². The zero-order valence-corrected chi connectivity index (χ0v) is 7.31. The topological polar surface area (TPSA) is 45.4 Å². The summed E-state index contributed by atoms with van der Waals surface area (Å²) in [5.41, 5.74) is 1.42. The Balaban J connectivity index is 2.80. The summed E-state index contributed by atoms with van der Waals surface area (Å²) in [5.74, 6) is 0. The molecule has 0 saturated carbocycles. The van der Waals surface area contributed by atoms with Crippen LogP contribution in [0.3, 0.4) is 0 Å². The minimum absolute atomic E-state index is 0.546. The highest BCUT2D eigenvalue weighted by molar-refractivity contribution is 6.61. The van der Waals surface area contributed by atoms with E-state index in [-0.39, 0.29) is 0 Å². The normalized spacial score (nSPS) is 10.7. The summed E-state index contributed by atoms with van der Waals surface area (Å²) in [7, 11) is 0.478. The van der Waals surface area contributed by atoms with Crippen molar-refractivity contribution in [2.24, 2.45) is 7.05 Å². The minimum Gasteiger partial charge on any atom is -0.423 e. The van der Waals surface area contributed by atoms with E-state index in [1.165, 1.54) is 0 Å². The van der Waals surface area contributed by atoms with Crippen LogP contribution in [0.15, 0.2) is 30.5 Å². The predicted octanol–water partition coefficient (Wildman–Crippen LogP) is -0.142. The first-order chi connectivity index (χ1) is 6.20. The van der Waals surface area contributed by atoms with Crippen molar-refractivity contribution in [2.75, 3.05) is 0 Å². The third kappa shape index (κ3) is 1.24. The van der Waals surface area contributed by atoms with Gasteiger partial charge in [-0.3, -0.25) is 0 Å². The highest BCUT2D eigenvalue weighted by atomic mass is 16.4. The molecule has 1 aromatic heterocycles. The number of aromatic nitrogens is 1. The molecule has 3 nitrogen and oxygen atoms in total. The number of hydrogen-bond donors (Lipinski definition) is 2. The molecule has 0 aliphatic rings. The molecule has 2 rings (SSSR count). The summed E-state index contributed by atoms with van der Waals surface area (Å²) in [6.07, 6.45) is 1.90. The van der Waals surface area contributed by atoms with Crippen LogP contribution in [0.1, 0.15) is 0 Å². The molecular formula is C9H10BNO2. The fourth-order valence-electron chi connectivity index (χ4n) is 1.60. The van der Waals surface area contributed by atoms with Gasteiger partial charge in [0.25, 0.3) is 0 Å². The van der Waals surface area contributed by atoms with E-state index in [1.807, 2.05) is 36.0 Å². The molecule has 0 saturated heterocycles. The standard InChI is InChI=1S/C9H10BNO2/c1-11-6-5-7-3-2-4-8(9(7)11)10(12)13/h2-6,12-13H,1H3. The second-order valence-electron chi connectivity index (χ2n) is 3.09. The van der Waals surface area contributed by atoms with Gasteiger partial charge in [-0.05, 0) is 11.5 Å². The van der Waals surface area contributed by atoms with Crippen LogP contribution in [-0.4, -0.2) is 21.7 Å². The van der Waals surface area contributed by atoms with E-state index in [0.717, 1.165) is 10.9 Å². The fraction of sp³-hybridized carbons (Fsp3) is 0.111. The maximum Gasteiger partial charge on any atom is 0.490 e. The van der Waals surface area contributed by atoms with E-state index < -0.39 is 7.12 Å². The molecule has 2 N–H and O–H groups in total. The van der Waals surface area contributed by atoms with Gasteiger partial charge in [0.15, 0.2) is 0 Å². The fourth-order valence-corrected chi connectivity index (χ4v) is 1.60. The van der Waals surface area contributed by atoms with Crippen LogP contribution in [-0.2, 0) is 7.05 Å². The Bertz CT molecular complexity index is 436. The van der Waals surface area contributed by atoms with Crippen LogP contribution in [0.2, 0.25) is 0 Å². The van der Waals surface area contributed by atoms with Crippen molar-refractivity contribution in [3.8, 4) is 0 Å². The lowest BCUT2D eigenvalue weighted by Crippen LogP contribution is -2.31. The van der Waals surface area contributed by atoms with Gasteiger partial charge in [0.05, 0.1) is 0 Å². The molecule has 0 spiro atoms. The van der Waals surface area contributed by atoms with E-state index in [9.17, 15) is 0 Å². The molecule has 0 aliphatic heterocycles. The molecule has 0 fully saturated rings. The Morgan fingerprint density at radius 1 is 1.23 bits per heavy atom. The van der Waals surface area contributed by atoms with Crippen molar-refractivity contribution >= 4 is 23.5 Å². The first kappa shape index (κ1) is 8.35. The monoisotopic (exact) mass is 175 g/mol. The average molecular weight is 175 g/mol. The molecule has 13 heavy (non-hydrogen) atoms. The molecule has 0 unspecified atom stereocenters. The Kier molecular flexibility index (Phi) is 1.86. The third-order valence-electron chi connectivity index (χ3n) is 2.21. The molecule has 0 bridgehead atoms. The number of benzene rings is 1. The molecule has 0 aliphatic carbocycles. The van der Waals surface area contributed by atoms with E-state index in [4.69, 9.17) is 10.0 Å². The van der Waals surface area contributed by atoms with Gasteiger partial charge in [-0.15, -0.1) is 0 Å². The number of nitrogens with zero attached hydrogens (tertiary/aromatic N) is 1. The first-order valence-corrected chi connectivity index (χ1v) is 4.10. The first-order valence-electron chi connectivity index (χ1n) is 4.10. The number of hydrogen-bond acceptors (Lipinski definition) is 2. The highest BCUT2D eigenvalue weighted by Crippen LogP contribution is 2.11. The largest absolute Gasteiger partial charge is 0.490 e. The summed E-state index contributed by atoms with van der Waals surface area (Å²) in [4.78, 5) is 0. The van der Waals surface area contributed by atoms with Crippen molar-refractivity contribution < 1.29 is 10.0 Å². The van der Waals surface area contributed by atoms with Crippen LogP contribution in [0.5, 0.6) is 0 Å². The summed E-state index contributed by atoms with van der Waals surface area (Å²) >= 11 is 0. The molecule has 2 aromatic rings. The molecule has 0 atom stereocenters. The van der Waals surface area contributed by atoms with Gasteiger partial charge in [0.2, 0.25) is 0 Å². The lowest BCUT2D eigenvalue weighted by atomic mass is 9.79. The van der Waals surface area contributed by atoms with Gasteiger partial charge in [0, 0.05) is 24.2 Å². The van der Waals surface area contributed by atoms with Gasteiger partial charge < -0.3 is 14.6 Å². The average Bonchev–Trinajstić information content (AvgIpc) is 2.48. The minimum atomic E-state index is -1.41. The molecule has 1 aromatic carbocycles. The van der Waals surface area contributed by atoms with Crippen molar-refractivity contribution in [1.29, 1.82) is 0 Å². The number of para-hydroxylation sites is 1. The zero-order chi connectivity index (χ0) is 9.42. The second-order valence-corrected chi connectivity index (χ2v) is 3.09. The Morgan fingerprint density at radius 3 is 2.69 bits per heavy atom. The van der Waals surface area contributed by atoms with Gasteiger partial charge in [0.1, 0.15) is 0 Å². The van der Waals surface area contributed by atoms with Gasteiger partial charge in [-0.2, -0.15) is 0 Å².